The van der Waals surface area contributed by atoms with E-state index in [2.05, 4.69) is 5.32 Å². The Hall–Kier alpha value is -0.400. The van der Waals surface area contributed by atoms with E-state index in [0.717, 1.165) is 0 Å². The molecule has 1 unspecified atom stereocenters. The molecular weight excluding hydrogens is 226 g/mol. The fraction of sp³-hybridized carbons (Fsp3) is 0.875. The van der Waals surface area contributed by atoms with Crippen molar-refractivity contribution in [3.63, 3.8) is 0 Å². The summed E-state index contributed by atoms with van der Waals surface area (Å²) in [5, 5.41) is 30.3. The van der Waals surface area contributed by atoms with Gasteiger partial charge in [0.05, 0.1) is 12.6 Å². The predicted molar refractivity (Wildman–Crippen MR) is 51.2 cm³/mol. The van der Waals surface area contributed by atoms with E-state index in [9.17, 15) is 15.0 Å². The summed E-state index contributed by atoms with van der Waals surface area (Å²) in [5.74, 6) is -0.386. The lowest BCUT2D eigenvalue weighted by molar-refractivity contribution is -0.175. The maximum absolute atomic E-state index is 10.8. The molecule has 0 spiro atoms. The van der Waals surface area contributed by atoms with Gasteiger partial charge in [-0.05, 0) is 0 Å². The minimum absolute atomic E-state index is 0.386. The number of aliphatic hydroxyl groups excluding tert-OH is 3. The van der Waals surface area contributed by atoms with E-state index in [4.69, 9.17) is 21.4 Å². The highest BCUT2D eigenvalue weighted by atomic mass is 35.5. The van der Waals surface area contributed by atoms with Crippen LogP contribution < -0.4 is 5.32 Å². The van der Waals surface area contributed by atoms with Gasteiger partial charge in [-0.15, -0.1) is 0 Å². The number of carbonyl (C=O) groups is 1. The van der Waals surface area contributed by atoms with Crippen LogP contribution in [0.2, 0.25) is 0 Å². The number of hydrogen-bond acceptors (Lipinski definition) is 5. The van der Waals surface area contributed by atoms with Crippen molar-refractivity contribution in [3.8, 4) is 0 Å². The van der Waals surface area contributed by atoms with E-state index in [1.807, 2.05) is 0 Å². The standard InChI is InChI=1S/C8H14ClNO5/c1-3(12)10-5-7(14)6(13)4(2-11)15-8(5)9/h4-8,11,13-14H,2H2,1H3,(H,10,12)/t4-,5-,6-,7-,8?/m1/s1. The maximum Gasteiger partial charge on any atom is 0.217 e. The molecule has 88 valence electrons. The average molecular weight is 240 g/mol. The number of alkyl halides is 1. The molecule has 1 amide bonds. The zero-order chi connectivity index (χ0) is 11.6. The van der Waals surface area contributed by atoms with Crippen molar-refractivity contribution in [1.29, 1.82) is 0 Å². The lowest BCUT2D eigenvalue weighted by Gasteiger charge is -2.40. The minimum atomic E-state index is -1.28. The third-order valence-corrected chi connectivity index (χ3v) is 2.61. The Morgan fingerprint density at radius 3 is 2.53 bits per heavy atom. The SMILES string of the molecule is CC(=O)N[C@H]1C(Cl)O[C@H](CO)[C@@H](O)[C@@H]1O. The molecule has 1 fully saturated rings. The van der Waals surface area contributed by atoms with Gasteiger partial charge in [-0.3, -0.25) is 4.79 Å². The summed E-state index contributed by atoms with van der Waals surface area (Å²) < 4.78 is 5.02. The van der Waals surface area contributed by atoms with Crippen molar-refractivity contribution in [2.45, 2.75) is 36.8 Å². The topological polar surface area (TPSA) is 99.0 Å². The number of carbonyl (C=O) groups excluding carboxylic acids is 1. The Morgan fingerprint density at radius 1 is 1.47 bits per heavy atom. The molecule has 4 N–H and O–H groups in total. The van der Waals surface area contributed by atoms with Gasteiger partial charge in [0.15, 0.2) is 5.56 Å². The molecule has 0 radical (unpaired) electrons. The molecule has 0 bridgehead atoms. The molecule has 15 heavy (non-hydrogen) atoms. The molecule has 0 aromatic carbocycles. The number of amides is 1. The Kier molecular flexibility index (Phi) is 4.30. The minimum Gasteiger partial charge on any atom is -0.394 e. The smallest absolute Gasteiger partial charge is 0.217 e. The Balaban J connectivity index is 2.70. The van der Waals surface area contributed by atoms with Crippen LogP contribution in [0, 0.1) is 0 Å². The lowest BCUT2D eigenvalue weighted by Crippen LogP contribution is -2.62. The van der Waals surface area contributed by atoms with Crippen molar-refractivity contribution in [2.75, 3.05) is 6.61 Å². The van der Waals surface area contributed by atoms with Crippen molar-refractivity contribution < 1.29 is 24.9 Å². The number of rotatable bonds is 2. The third kappa shape index (κ3) is 2.79. The van der Waals surface area contributed by atoms with Crippen LogP contribution in [-0.2, 0) is 9.53 Å². The summed E-state index contributed by atoms with van der Waals surface area (Å²) >= 11 is 5.74. The Bertz CT molecular complexity index is 239. The van der Waals surface area contributed by atoms with E-state index in [1.54, 1.807) is 0 Å². The summed E-state index contributed by atoms with van der Waals surface area (Å²) in [7, 11) is 0. The molecule has 1 aliphatic heterocycles. The third-order valence-electron chi connectivity index (χ3n) is 2.24. The lowest BCUT2D eigenvalue weighted by atomic mass is 9.98. The molecule has 0 saturated carbocycles. The highest BCUT2D eigenvalue weighted by molar-refractivity contribution is 6.20. The first kappa shape index (κ1) is 12.7. The second-order valence-electron chi connectivity index (χ2n) is 3.42. The first-order valence-corrected chi connectivity index (χ1v) is 4.94. The zero-order valence-corrected chi connectivity index (χ0v) is 8.89. The quantitative estimate of drug-likeness (QED) is 0.425. The van der Waals surface area contributed by atoms with Crippen LogP contribution in [0.4, 0.5) is 0 Å². The van der Waals surface area contributed by atoms with Crippen molar-refractivity contribution >= 4 is 17.5 Å². The summed E-state index contributed by atoms with van der Waals surface area (Å²) in [6.07, 6.45) is -3.48. The van der Waals surface area contributed by atoms with Crippen molar-refractivity contribution in [1.82, 2.24) is 5.32 Å². The largest absolute Gasteiger partial charge is 0.394 e. The van der Waals surface area contributed by atoms with E-state index < -0.39 is 36.5 Å². The number of aliphatic hydroxyl groups is 3. The van der Waals surface area contributed by atoms with Gasteiger partial charge in [0, 0.05) is 6.92 Å². The first-order valence-electron chi connectivity index (χ1n) is 4.51. The highest BCUT2D eigenvalue weighted by Crippen LogP contribution is 2.23. The molecular formula is C8H14ClNO5. The van der Waals surface area contributed by atoms with Gasteiger partial charge in [-0.1, -0.05) is 11.6 Å². The molecule has 7 heteroatoms. The monoisotopic (exact) mass is 239 g/mol. The molecule has 0 aromatic heterocycles. The summed E-state index contributed by atoms with van der Waals surface area (Å²) in [4.78, 5) is 10.8. The molecule has 5 atom stereocenters. The summed E-state index contributed by atoms with van der Waals surface area (Å²) in [6.45, 7) is 0.815. The summed E-state index contributed by atoms with van der Waals surface area (Å²) in [5.41, 5.74) is -0.982. The van der Waals surface area contributed by atoms with Gasteiger partial charge in [-0.2, -0.15) is 0 Å². The van der Waals surface area contributed by atoms with Gasteiger partial charge in [0.25, 0.3) is 0 Å². The number of hydrogen-bond donors (Lipinski definition) is 4. The maximum atomic E-state index is 10.8. The van der Waals surface area contributed by atoms with Gasteiger partial charge in [-0.25, -0.2) is 0 Å². The fourth-order valence-corrected chi connectivity index (χ4v) is 1.80. The number of halogens is 1. The van der Waals surface area contributed by atoms with Crippen LogP contribution in [0.15, 0.2) is 0 Å². The fourth-order valence-electron chi connectivity index (χ4n) is 1.46. The van der Waals surface area contributed by atoms with E-state index >= 15 is 0 Å². The second-order valence-corrected chi connectivity index (χ2v) is 3.85. The number of nitrogens with one attached hydrogen (secondary N) is 1. The summed E-state index contributed by atoms with van der Waals surface area (Å²) in [6, 6.07) is -0.887. The predicted octanol–water partition coefficient (Wildman–Crippen LogP) is -1.83. The van der Waals surface area contributed by atoms with Crippen LogP contribution in [0.25, 0.3) is 0 Å². The number of ether oxygens (including phenoxy) is 1. The molecule has 1 rings (SSSR count). The molecule has 0 aliphatic carbocycles. The van der Waals surface area contributed by atoms with Crippen molar-refractivity contribution in [2.24, 2.45) is 0 Å². The van der Waals surface area contributed by atoms with Gasteiger partial charge < -0.3 is 25.4 Å². The Labute approximate surface area is 91.8 Å². The van der Waals surface area contributed by atoms with Crippen LogP contribution in [0.3, 0.4) is 0 Å². The molecule has 1 saturated heterocycles. The molecule has 1 heterocycles. The zero-order valence-electron chi connectivity index (χ0n) is 8.13. The van der Waals surface area contributed by atoms with Crippen LogP contribution >= 0.6 is 11.6 Å². The van der Waals surface area contributed by atoms with E-state index in [1.165, 1.54) is 6.92 Å². The van der Waals surface area contributed by atoms with E-state index in [0.29, 0.717) is 0 Å². The van der Waals surface area contributed by atoms with Crippen LogP contribution in [-0.4, -0.2) is 57.8 Å². The van der Waals surface area contributed by atoms with Crippen LogP contribution in [0.5, 0.6) is 0 Å². The molecule has 1 aliphatic rings. The van der Waals surface area contributed by atoms with Gasteiger partial charge >= 0.3 is 0 Å². The van der Waals surface area contributed by atoms with Crippen LogP contribution in [0.1, 0.15) is 6.92 Å². The highest BCUT2D eigenvalue weighted by Gasteiger charge is 2.43. The van der Waals surface area contributed by atoms with Gasteiger partial charge in [0.2, 0.25) is 5.91 Å². The average Bonchev–Trinajstić information content (AvgIpc) is 2.18. The van der Waals surface area contributed by atoms with Gasteiger partial charge in [0.1, 0.15) is 18.3 Å². The normalized spacial score (nSPS) is 41.3. The molecule has 6 nitrogen and oxygen atoms in total. The Morgan fingerprint density at radius 2 is 2.07 bits per heavy atom. The molecule has 0 aromatic rings. The van der Waals surface area contributed by atoms with E-state index in [-0.39, 0.29) is 5.91 Å². The first-order chi connectivity index (χ1) is 6.97. The van der Waals surface area contributed by atoms with Crippen molar-refractivity contribution in [3.05, 3.63) is 0 Å². The second kappa shape index (κ2) is 5.09.